The van der Waals surface area contributed by atoms with E-state index in [1.54, 1.807) is 18.2 Å². The third kappa shape index (κ3) is 4.98. The van der Waals surface area contributed by atoms with Gasteiger partial charge < -0.3 is 20.1 Å². The molecule has 0 saturated carbocycles. The topological polar surface area (TPSA) is 44.7 Å². The van der Waals surface area contributed by atoms with Crippen molar-refractivity contribution in [2.45, 2.75) is 20.3 Å². The zero-order chi connectivity index (χ0) is 15.0. The van der Waals surface area contributed by atoms with Crippen molar-refractivity contribution in [2.24, 2.45) is 0 Å². The van der Waals surface area contributed by atoms with Crippen LogP contribution in [0, 0.1) is 0 Å². The van der Waals surface area contributed by atoms with Crippen molar-refractivity contribution in [1.29, 1.82) is 0 Å². The molecule has 0 aromatic heterocycles. The van der Waals surface area contributed by atoms with Crippen LogP contribution in [0.1, 0.15) is 25.8 Å². The van der Waals surface area contributed by atoms with Gasteiger partial charge in [0.1, 0.15) is 4.99 Å². The summed E-state index contributed by atoms with van der Waals surface area (Å²) in [5.41, 5.74) is 0.859. The van der Waals surface area contributed by atoms with E-state index in [0.29, 0.717) is 10.7 Å². The van der Waals surface area contributed by atoms with Gasteiger partial charge in [-0.05, 0) is 44.3 Å². The molecular formula is C15H24N2O2S. The summed E-state index contributed by atoms with van der Waals surface area (Å²) in [6.07, 6.45) is 1.05. The van der Waals surface area contributed by atoms with Crippen LogP contribution >= 0.6 is 12.2 Å². The maximum absolute atomic E-state index is 9.55. The molecule has 1 aromatic rings. The predicted octanol–water partition coefficient (Wildman–Crippen LogP) is 2.40. The van der Waals surface area contributed by atoms with E-state index in [9.17, 15) is 5.11 Å². The van der Waals surface area contributed by atoms with E-state index < -0.39 is 0 Å². The molecule has 2 N–H and O–H groups in total. The van der Waals surface area contributed by atoms with E-state index >= 15 is 0 Å². The first-order valence-corrected chi connectivity index (χ1v) is 7.40. The lowest BCUT2D eigenvalue weighted by atomic mass is 10.2. The summed E-state index contributed by atoms with van der Waals surface area (Å²) in [6, 6.07) is 5.13. The number of rotatable bonds is 8. The normalized spacial score (nSPS) is 10.6. The molecular weight excluding hydrogens is 272 g/mol. The maximum Gasteiger partial charge on any atom is 0.161 e. The number of aromatic hydroxyl groups is 1. The molecule has 1 rings (SSSR count). The first kappa shape index (κ1) is 16.7. The summed E-state index contributed by atoms with van der Waals surface area (Å²) in [5.74, 6) is 0.565. The molecule has 0 aliphatic heterocycles. The highest BCUT2D eigenvalue weighted by atomic mass is 32.1. The zero-order valence-electron chi connectivity index (χ0n) is 12.5. The fourth-order valence-electron chi connectivity index (χ4n) is 1.97. The molecule has 1 aromatic carbocycles. The Morgan fingerprint density at radius 1 is 1.35 bits per heavy atom. The second-order valence-corrected chi connectivity index (χ2v) is 4.93. The molecule has 112 valence electrons. The Hall–Kier alpha value is -1.33. The monoisotopic (exact) mass is 296 g/mol. The van der Waals surface area contributed by atoms with Crippen LogP contribution in [0.5, 0.6) is 11.5 Å². The minimum atomic E-state index is 0.126. The van der Waals surface area contributed by atoms with Crippen molar-refractivity contribution in [3.8, 4) is 11.5 Å². The van der Waals surface area contributed by atoms with Crippen LogP contribution in [0.15, 0.2) is 18.2 Å². The standard InChI is InChI=1S/C15H24N2O2S/c1-4-17(5-2)10-6-9-16-15(20)12-7-8-13(18)14(11-12)19-3/h7-8,11,18H,4-6,9-10H2,1-3H3,(H,16,20). The molecule has 4 nitrogen and oxygen atoms in total. The molecule has 0 aliphatic rings. The lowest BCUT2D eigenvalue weighted by Crippen LogP contribution is -2.29. The Morgan fingerprint density at radius 3 is 2.65 bits per heavy atom. The number of benzene rings is 1. The molecule has 0 spiro atoms. The Balaban J connectivity index is 2.43. The molecule has 0 unspecified atom stereocenters. The highest BCUT2D eigenvalue weighted by Gasteiger charge is 2.06. The van der Waals surface area contributed by atoms with Crippen molar-refractivity contribution in [1.82, 2.24) is 10.2 Å². The quantitative estimate of drug-likeness (QED) is 0.570. The van der Waals surface area contributed by atoms with Gasteiger partial charge in [0, 0.05) is 12.1 Å². The molecule has 0 heterocycles. The van der Waals surface area contributed by atoms with Gasteiger partial charge >= 0.3 is 0 Å². The van der Waals surface area contributed by atoms with Crippen LogP contribution in [0.3, 0.4) is 0 Å². The van der Waals surface area contributed by atoms with Gasteiger partial charge in [-0.2, -0.15) is 0 Å². The minimum Gasteiger partial charge on any atom is -0.504 e. The average molecular weight is 296 g/mol. The molecule has 0 bridgehead atoms. The zero-order valence-corrected chi connectivity index (χ0v) is 13.3. The largest absolute Gasteiger partial charge is 0.504 e. The van der Waals surface area contributed by atoms with Gasteiger partial charge in [-0.25, -0.2) is 0 Å². The minimum absolute atomic E-state index is 0.126. The molecule has 0 amide bonds. The number of phenolic OH excluding ortho intramolecular Hbond substituents is 1. The number of phenols is 1. The van der Waals surface area contributed by atoms with Crippen LogP contribution in [-0.4, -0.2) is 48.3 Å². The van der Waals surface area contributed by atoms with E-state index in [-0.39, 0.29) is 5.75 Å². The van der Waals surface area contributed by atoms with Gasteiger partial charge in [-0.1, -0.05) is 26.1 Å². The third-order valence-corrected chi connectivity index (χ3v) is 3.65. The van der Waals surface area contributed by atoms with Gasteiger partial charge in [0.05, 0.1) is 7.11 Å². The van der Waals surface area contributed by atoms with Gasteiger partial charge in [0.2, 0.25) is 0 Å². The Labute approximate surface area is 126 Å². The number of methoxy groups -OCH3 is 1. The number of thiocarbonyl (C=S) groups is 1. The van der Waals surface area contributed by atoms with Crippen molar-refractivity contribution >= 4 is 17.2 Å². The van der Waals surface area contributed by atoms with Gasteiger partial charge in [0.25, 0.3) is 0 Å². The fraction of sp³-hybridized carbons (Fsp3) is 0.533. The first-order valence-electron chi connectivity index (χ1n) is 6.99. The average Bonchev–Trinajstić information content (AvgIpc) is 2.47. The van der Waals surface area contributed by atoms with Crippen molar-refractivity contribution in [3.63, 3.8) is 0 Å². The molecule has 20 heavy (non-hydrogen) atoms. The summed E-state index contributed by atoms with van der Waals surface area (Å²) in [5, 5.41) is 12.8. The number of nitrogens with one attached hydrogen (secondary N) is 1. The molecule has 0 atom stereocenters. The lowest BCUT2D eigenvalue weighted by Gasteiger charge is -2.18. The molecule has 5 heteroatoms. The highest BCUT2D eigenvalue weighted by molar-refractivity contribution is 7.80. The Morgan fingerprint density at radius 2 is 2.05 bits per heavy atom. The SMILES string of the molecule is CCN(CC)CCCNC(=S)c1ccc(O)c(OC)c1. The second-order valence-electron chi connectivity index (χ2n) is 4.52. The van der Waals surface area contributed by atoms with Crippen LogP contribution < -0.4 is 10.1 Å². The summed E-state index contributed by atoms with van der Waals surface area (Å²) >= 11 is 5.35. The van der Waals surface area contributed by atoms with E-state index in [0.717, 1.165) is 38.2 Å². The van der Waals surface area contributed by atoms with Gasteiger partial charge in [0.15, 0.2) is 11.5 Å². The van der Waals surface area contributed by atoms with E-state index in [2.05, 4.69) is 24.1 Å². The highest BCUT2D eigenvalue weighted by Crippen LogP contribution is 2.26. The van der Waals surface area contributed by atoms with Gasteiger partial charge in [-0.15, -0.1) is 0 Å². The van der Waals surface area contributed by atoms with E-state index in [4.69, 9.17) is 17.0 Å². The lowest BCUT2D eigenvalue weighted by molar-refractivity contribution is 0.300. The molecule has 0 saturated heterocycles. The van der Waals surface area contributed by atoms with Crippen LogP contribution in [0.25, 0.3) is 0 Å². The fourth-order valence-corrected chi connectivity index (χ4v) is 2.19. The predicted molar refractivity (Wildman–Crippen MR) is 86.8 cm³/mol. The number of hydrogen-bond donors (Lipinski definition) is 2. The molecule has 0 fully saturated rings. The third-order valence-electron chi connectivity index (χ3n) is 3.27. The van der Waals surface area contributed by atoms with Gasteiger partial charge in [-0.3, -0.25) is 0 Å². The summed E-state index contributed by atoms with van der Waals surface area (Å²) in [7, 11) is 1.53. The smallest absolute Gasteiger partial charge is 0.161 e. The maximum atomic E-state index is 9.55. The molecule has 0 aliphatic carbocycles. The molecule has 0 radical (unpaired) electrons. The van der Waals surface area contributed by atoms with Crippen LogP contribution in [-0.2, 0) is 0 Å². The van der Waals surface area contributed by atoms with Crippen molar-refractivity contribution in [3.05, 3.63) is 23.8 Å². The van der Waals surface area contributed by atoms with E-state index in [1.165, 1.54) is 7.11 Å². The van der Waals surface area contributed by atoms with Crippen molar-refractivity contribution < 1.29 is 9.84 Å². The number of ether oxygens (including phenoxy) is 1. The summed E-state index contributed by atoms with van der Waals surface area (Å²) in [4.78, 5) is 3.07. The number of nitrogens with zero attached hydrogens (tertiary/aromatic N) is 1. The van der Waals surface area contributed by atoms with Crippen molar-refractivity contribution in [2.75, 3.05) is 33.3 Å². The Kier molecular flexibility index (Phi) is 7.33. The van der Waals surface area contributed by atoms with E-state index in [1.807, 2.05) is 0 Å². The Bertz CT molecular complexity index is 434. The van der Waals surface area contributed by atoms with Crippen LogP contribution in [0.2, 0.25) is 0 Å². The summed E-state index contributed by atoms with van der Waals surface area (Å²) < 4.78 is 5.08. The number of hydrogen-bond acceptors (Lipinski definition) is 4. The van der Waals surface area contributed by atoms with Crippen LogP contribution in [0.4, 0.5) is 0 Å². The first-order chi connectivity index (χ1) is 9.62. The summed E-state index contributed by atoms with van der Waals surface area (Å²) in [6.45, 7) is 8.42. The second kappa shape index (κ2) is 8.76.